The quantitative estimate of drug-likeness (QED) is 0.849. The van der Waals surface area contributed by atoms with E-state index < -0.39 is 0 Å². The van der Waals surface area contributed by atoms with Gasteiger partial charge >= 0.3 is 0 Å². The van der Waals surface area contributed by atoms with E-state index in [4.69, 9.17) is 4.74 Å². The van der Waals surface area contributed by atoms with Gasteiger partial charge in [-0.1, -0.05) is 0 Å². The topological polar surface area (TPSA) is 59.9 Å². The van der Waals surface area contributed by atoms with E-state index >= 15 is 0 Å². The third kappa shape index (κ3) is 3.14. The van der Waals surface area contributed by atoms with Crippen molar-refractivity contribution in [3.63, 3.8) is 0 Å². The highest BCUT2D eigenvalue weighted by Gasteiger charge is 2.03. The van der Waals surface area contributed by atoms with Crippen LogP contribution in [0.1, 0.15) is 12.6 Å². The summed E-state index contributed by atoms with van der Waals surface area (Å²) in [5, 5.41) is 3.24. The molecule has 5 heteroatoms. The van der Waals surface area contributed by atoms with Crippen LogP contribution < -0.4 is 10.1 Å². The first-order valence-corrected chi connectivity index (χ1v) is 5.46. The molecule has 0 spiro atoms. The van der Waals surface area contributed by atoms with Gasteiger partial charge in [-0.25, -0.2) is 15.0 Å². The van der Waals surface area contributed by atoms with E-state index in [-0.39, 0.29) is 0 Å². The fraction of sp³-hybridized carbons (Fsp3) is 0.250. The summed E-state index contributed by atoms with van der Waals surface area (Å²) in [5.74, 6) is 0.615. The lowest BCUT2D eigenvalue weighted by molar-refractivity contribution is 0.328. The van der Waals surface area contributed by atoms with Gasteiger partial charge in [0.15, 0.2) is 0 Å². The molecule has 2 aromatic heterocycles. The van der Waals surface area contributed by atoms with Crippen molar-refractivity contribution in [2.75, 3.05) is 11.9 Å². The van der Waals surface area contributed by atoms with Gasteiger partial charge in [-0.2, -0.15) is 0 Å². The maximum absolute atomic E-state index is 5.42. The van der Waals surface area contributed by atoms with Crippen molar-refractivity contribution in [2.24, 2.45) is 0 Å². The molecule has 2 heterocycles. The zero-order valence-corrected chi connectivity index (χ0v) is 9.63. The Bertz CT molecular complexity index is 461. The summed E-state index contributed by atoms with van der Waals surface area (Å²) in [4.78, 5) is 12.2. The van der Waals surface area contributed by atoms with Crippen LogP contribution in [0.5, 0.6) is 5.88 Å². The molecule has 0 saturated heterocycles. The number of rotatable bonds is 5. The average molecular weight is 230 g/mol. The Kier molecular flexibility index (Phi) is 3.85. The summed E-state index contributed by atoms with van der Waals surface area (Å²) in [7, 11) is 0. The number of ether oxygens (including phenoxy) is 1. The van der Waals surface area contributed by atoms with Gasteiger partial charge in [-0.05, 0) is 25.1 Å². The van der Waals surface area contributed by atoms with Gasteiger partial charge in [0, 0.05) is 12.4 Å². The molecule has 17 heavy (non-hydrogen) atoms. The van der Waals surface area contributed by atoms with E-state index in [1.165, 1.54) is 6.33 Å². The fourth-order valence-electron chi connectivity index (χ4n) is 1.39. The molecule has 0 amide bonds. The molecule has 0 radical (unpaired) electrons. The van der Waals surface area contributed by atoms with Crippen LogP contribution in [0.25, 0.3) is 0 Å². The number of anilines is 1. The highest BCUT2D eigenvalue weighted by atomic mass is 16.5. The number of hydrogen-bond acceptors (Lipinski definition) is 5. The Morgan fingerprint density at radius 3 is 2.94 bits per heavy atom. The van der Waals surface area contributed by atoms with Gasteiger partial charge < -0.3 is 10.1 Å². The summed E-state index contributed by atoms with van der Waals surface area (Å²) in [6, 6.07) is 5.66. The minimum atomic E-state index is 0.596. The van der Waals surface area contributed by atoms with Crippen molar-refractivity contribution >= 4 is 5.69 Å². The van der Waals surface area contributed by atoms with E-state index in [1.54, 1.807) is 12.4 Å². The normalized spacial score (nSPS) is 9.94. The molecule has 0 aromatic carbocycles. The molecule has 0 fully saturated rings. The maximum Gasteiger partial charge on any atom is 0.237 e. The second-order valence-electron chi connectivity index (χ2n) is 3.34. The van der Waals surface area contributed by atoms with E-state index in [0.717, 1.165) is 11.4 Å². The summed E-state index contributed by atoms with van der Waals surface area (Å²) >= 11 is 0. The molecule has 0 aliphatic heterocycles. The zero-order valence-electron chi connectivity index (χ0n) is 9.63. The van der Waals surface area contributed by atoms with Crippen LogP contribution in [0.2, 0.25) is 0 Å². The Balaban J connectivity index is 2.03. The van der Waals surface area contributed by atoms with Crippen LogP contribution in [-0.4, -0.2) is 21.6 Å². The highest BCUT2D eigenvalue weighted by molar-refractivity contribution is 5.52. The van der Waals surface area contributed by atoms with Crippen LogP contribution in [-0.2, 0) is 6.54 Å². The van der Waals surface area contributed by atoms with E-state index in [2.05, 4.69) is 20.3 Å². The summed E-state index contributed by atoms with van der Waals surface area (Å²) in [6.45, 7) is 3.15. The number of nitrogens with zero attached hydrogens (tertiary/aromatic N) is 3. The molecule has 0 aliphatic rings. The molecule has 0 saturated carbocycles. The first kappa shape index (κ1) is 11.3. The number of aromatic nitrogens is 3. The minimum absolute atomic E-state index is 0.596. The number of hydrogen-bond donors (Lipinski definition) is 1. The van der Waals surface area contributed by atoms with Gasteiger partial charge in [0.1, 0.15) is 6.33 Å². The first-order chi connectivity index (χ1) is 8.40. The SMILES string of the molecule is CCOc1ncccc1NCc1ccncn1. The molecule has 1 N–H and O–H groups in total. The summed E-state index contributed by atoms with van der Waals surface area (Å²) < 4.78 is 5.42. The average Bonchev–Trinajstić information content (AvgIpc) is 2.39. The molecule has 0 aliphatic carbocycles. The van der Waals surface area contributed by atoms with Gasteiger partial charge in [0.05, 0.1) is 24.5 Å². The lowest BCUT2D eigenvalue weighted by atomic mass is 10.3. The molecule has 2 aromatic rings. The zero-order chi connectivity index (χ0) is 11.9. The second-order valence-corrected chi connectivity index (χ2v) is 3.34. The van der Waals surface area contributed by atoms with Crippen molar-refractivity contribution in [3.8, 4) is 5.88 Å². The monoisotopic (exact) mass is 230 g/mol. The Hall–Kier alpha value is -2.17. The molecule has 0 unspecified atom stereocenters. The third-order valence-corrected chi connectivity index (χ3v) is 2.16. The van der Waals surface area contributed by atoms with Crippen LogP contribution >= 0.6 is 0 Å². The second kappa shape index (κ2) is 5.79. The van der Waals surface area contributed by atoms with E-state index in [0.29, 0.717) is 19.0 Å². The standard InChI is InChI=1S/C12H14N4O/c1-2-17-12-11(4-3-6-14-12)15-8-10-5-7-13-9-16-10/h3-7,9,15H,2,8H2,1H3. The van der Waals surface area contributed by atoms with Gasteiger partial charge in [0.25, 0.3) is 0 Å². The van der Waals surface area contributed by atoms with Crippen molar-refractivity contribution < 1.29 is 4.74 Å². The fourth-order valence-corrected chi connectivity index (χ4v) is 1.39. The molecule has 5 nitrogen and oxygen atoms in total. The smallest absolute Gasteiger partial charge is 0.237 e. The Labute approximate surface area is 99.9 Å². The minimum Gasteiger partial charge on any atom is -0.476 e. The largest absolute Gasteiger partial charge is 0.476 e. The third-order valence-electron chi connectivity index (χ3n) is 2.16. The Morgan fingerprint density at radius 1 is 1.24 bits per heavy atom. The van der Waals surface area contributed by atoms with Crippen molar-refractivity contribution in [3.05, 3.63) is 42.6 Å². The predicted molar refractivity (Wildman–Crippen MR) is 64.8 cm³/mol. The summed E-state index contributed by atoms with van der Waals surface area (Å²) in [5.41, 5.74) is 1.79. The van der Waals surface area contributed by atoms with E-state index in [9.17, 15) is 0 Å². The lowest BCUT2D eigenvalue weighted by Crippen LogP contribution is -2.05. The maximum atomic E-state index is 5.42. The van der Waals surface area contributed by atoms with Crippen molar-refractivity contribution in [1.29, 1.82) is 0 Å². The van der Waals surface area contributed by atoms with Crippen LogP contribution in [0.15, 0.2) is 36.9 Å². The molecule has 2 rings (SSSR count). The van der Waals surface area contributed by atoms with Crippen LogP contribution in [0.3, 0.4) is 0 Å². The van der Waals surface area contributed by atoms with E-state index in [1.807, 2.05) is 25.1 Å². The van der Waals surface area contributed by atoms with Crippen LogP contribution in [0, 0.1) is 0 Å². The van der Waals surface area contributed by atoms with Crippen molar-refractivity contribution in [1.82, 2.24) is 15.0 Å². The van der Waals surface area contributed by atoms with Gasteiger partial charge in [-0.15, -0.1) is 0 Å². The van der Waals surface area contributed by atoms with Gasteiger partial charge in [-0.3, -0.25) is 0 Å². The molecule has 0 atom stereocenters. The Morgan fingerprint density at radius 2 is 2.18 bits per heavy atom. The number of pyridine rings is 1. The molecule has 0 bridgehead atoms. The predicted octanol–water partition coefficient (Wildman–Crippen LogP) is 1.88. The van der Waals surface area contributed by atoms with Crippen molar-refractivity contribution in [2.45, 2.75) is 13.5 Å². The summed E-state index contributed by atoms with van der Waals surface area (Å²) in [6.07, 6.45) is 4.96. The first-order valence-electron chi connectivity index (χ1n) is 5.46. The molecular formula is C12H14N4O. The van der Waals surface area contributed by atoms with Gasteiger partial charge in [0.2, 0.25) is 5.88 Å². The van der Waals surface area contributed by atoms with Crippen LogP contribution in [0.4, 0.5) is 5.69 Å². The lowest BCUT2D eigenvalue weighted by Gasteiger charge is -2.10. The number of nitrogens with one attached hydrogen (secondary N) is 1. The highest BCUT2D eigenvalue weighted by Crippen LogP contribution is 2.20. The molecular weight excluding hydrogens is 216 g/mol. The molecule has 88 valence electrons.